The van der Waals surface area contributed by atoms with Crippen molar-refractivity contribution in [2.45, 2.75) is 6.92 Å². The van der Waals surface area contributed by atoms with Gasteiger partial charge in [0.1, 0.15) is 5.69 Å². The van der Waals surface area contributed by atoms with Gasteiger partial charge in [0.25, 0.3) is 5.52 Å². The maximum Gasteiger partial charge on any atom is 0.323 e. The smallest absolute Gasteiger partial charge is 0.300 e. The minimum Gasteiger partial charge on any atom is -0.300 e. The molecular weight excluding hydrogens is 236 g/mol. The van der Waals surface area contributed by atoms with Crippen LogP contribution in [0, 0.1) is 6.92 Å². The van der Waals surface area contributed by atoms with Crippen LogP contribution in [-0.2, 0) is 7.05 Å². The van der Waals surface area contributed by atoms with Crippen LogP contribution in [0.5, 0.6) is 0 Å². The molecule has 0 spiro atoms. The van der Waals surface area contributed by atoms with Crippen molar-refractivity contribution in [2.75, 3.05) is 0 Å². The minimum atomic E-state index is 0.0127. The highest BCUT2D eigenvalue weighted by atomic mass is 16.1. The van der Waals surface area contributed by atoms with Gasteiger partial charge in [0.15, 0.2) is 12.4 Å². The van der Waals surface area contributed by atoms with Gasteiger partial charge in [0.2, 0.25) is 0 Å². The van der Waals surface area contributed by atoms with Gasteiger partial charge in [-0.25, -0.2) is 0 Å². The van der Waals surface area contributed by atoms with Gasteiger partial charge in [-0.15, -0.1) is 0 Å². The number of aryl methyl sites for hydroxylation is 1. The van der Waals surface area contributed by atoms with Crippen molar-refractivity contribution in [1.29, 1.82) is 0 Å². The van der Waals surface area contributed by atoms with Gasteiger partial charge in [0.05, 0.1) is 0 Å². The van der Waals surface area contributed by atoms with Crippen LogP contribution in [0.3, 0.4) is 0 Å². The number of hydrogen-bond acceptors (Lipinski definition) is 1. The lowest BCUT2D eigenvalue weighted by atomic mass is 10.1. The molecule has 0 bridgehead atoms. The molecule has 0 aliphatic carbocycles. The van der Waals surface area contributed by atoms with E-state index in [1.54, 1.807) is 4.57 Å². The third-order valence-electron chi connectivity index (χ3n) is 3.38. The predicted octanol–water partition coefficient (Wildman–Crippen LogP) is 2.10. The molecule has 0 atom stereocenters. The minimum absolute atomic E-state index is 0.0127. The van der Waals surface area contributed by atoms with Crippen molar-refractivity contribution in [3.63, 3.8) is 0 Å². The van der Waals surface area contributed by atoms with Crippen molar-refractivity contribution < 1.29 is 4.40 Å². The maximum absolute atomic E-state index is 12.3. The largest absolute Gasteiger partial charge is 0.323 e. The van der Waals surface area contributed by atoms with Crippen LogP contribution in [0.25, 0.3) is 16.8 Å². The third-order valence-corrected chi connectivity index (χ3v) is 3.38. The zero-order valence-electron chi connectivity index (χ0n) is 11.0. The lowest BCUT2D eigenvalue weighted by Crippen LogP contribution is -2.33. The van der Waals surface area contributed by atoms with Gasteiger partial charge >= 0.3 is 5.56 Å². The molecule has 0 aliphatic heterocycles. The molecule has 0 N–H and O–H groups in total. The molecule has 0 fully saturated rings. The van der Waals surface area contributed by atoms with Gasteiger partial charge in [-0.1, -0.05) is 29.8 Å². The molecule has 3 nitrogen and oxygen atoms in total. The number of nitrogens with zero attached hydrogens (tertiary/aromatic N) is 2. The first-order valence-corrected chi connectivity index (χ1v) is 6.24. The van der Waals surface area contributed by atoms with E-state index in [-0.39, 0.29) is 5.56 Å². The lowest BCUT2D eigenvalue weighted by molar-refractivity contribution is -0.512. The second kappa shape index (κ2) is 4.35. The molecule has 0 saturated heterocycles. The predicted molar refractivity (Wildman–Crippen MR) is 75.0 cm³/mol. The van der Waals surface area contributed by atoms with E-state index in [0.29, 0.717) is 5.52 Å². The molecule has 2 heterocycles. The van der Waals surface area contributed by atoms with Crippen molar-refractivity contribution in [2.24, 2.45) is 7.05 Å². The SMILES string of the molecule is Cc1ccc(-c2c[n+]3ccccc3c(=O)n2C)cc1. The first kappa shape index (κ1) is 11.7. The van der Waals surface area contributed by atoms with E-state index in [1.807, 2.05) is 54.2 Å². The van der Waals surface area contributed by atoms with Crippen LogP contribution >= 0.6 is 0 Å². The number of aromatic nitrogens is 2. The fourth-order valence-corrected chi connectivity index (χ4v) is 2.24. The Morgan fingerprint density at radius 2 is 1.79 bits per heavy atom. The number of pyridine rings is 1. The molecule has 2 aromatic heterocycles. The molecule has 3 rings (SSSR count). The van der Waals surface area contributed by atoms with Gasteiger partial charge in [-0.3, -0.25) is 4.79 Å². The van der Waals surface area contributed by atoms with E-state index in [4.69, 9.17) is 0 Å². The number of rotatable bonds is 1. The zero-order valence-corrected chi connectivity index (χ0v) is 11.0. The molecule has 94 valence electrons. The van der Waals surface area contributed by atoms with E-state index in [0.717, 1.165) is 11.3 Å². The monoisotopic (exact) mass is 251 g/mol. The van der Waals surface area contributed by atoms with Crippen LogP contribution < -0.4 is 9.96 Å². The molecule has 0 saturated carbocycles. The highest BCUT2D eigenvalue weighted by Crippen LogP contribution is 2.16. The molecule has 0 radical (unpaired) electrons. The second-order valence-electron chi connectivity index (χ2n) is 4.74. The zero-order chi connectivity index (χ0) is 13.4. The molecule has 0 amide bonds. The normalized spacial score (nSPS) is 10.8. The van der Waals surface area contributed by atoms with Crippen LogP contribution in [0.4, 0.5) is 0 Å². The quantitative estimate of drug-likeness (QED) is 0.608. The van der Waals surface area contributed by atoms with Crippen LogP contribution in [0.1, 0.15) is 5.56 Å². The van der Waals surface area contributed by atoms with Crippen molar-refractivity contribution in [1.82, 2.24) is 4.57 Å². The fraction of sp³-hybridized carbons (Fsp3) is 0.125. The molecular formula is C16H15N2O+. The highest BCUT2D eigenvalue weighted by molar-refractivity contribution is 5.59. The van der Waals surface area contributed by atoms with Crippen LogP contribution in [-0.4, -0.2) is 4.57 Å². The van der Waals surface area contributed by atoms with Crippen molar-refractivity contribution in [3.8, 4) is 11.3 Å². The van der Waals surface area contributed by atoms with Gasteiger partial charge < -0.3 is 4.57 Å². The fourth-order valence-electron chi connectivity index (χ4n) is 2.24. The van der Waals surface area contributed by atoms with Crippen molar-refractivity contribution in [3.05, 3.63) is 70.8 Å². The topological polar surface area (TPSA) is 26.1 Å². The van der Waals surface area contributed by atoms with Gasteiger partial charge in [0, 0.05) is 24.7 Å². The molecule has 0 aliphatic rings. The average Bonchev–Trinajstić information content (AvgIpc) is 2.44. The number of fused-ring (bicyclic) bond motifs is 1. The van der Waals surface area contributed by atoms with Crippen LogP contribution in [0.15, 0.2) is 59.7 Å². The Labute approximate surface area is 111 Å². The van der Waals surface area contributed by atoms with Crippen molar-refractivity contribution >= 4 is 5.52 Å². The summed E-state index contributed by atoms with van der Waals surface area (Å²) in [7, 11) is 1.81. The second-order valence-corrected chi connectivity index (χ2v) is 4.74. The van der Waals surface area contributed by atoms with Gasteiger partial charge in [-0.05, 0) is 13.0 Å². The van der Waals surface area contributed by atoms with E-state index in [9.17, 15) is 4.79 Å². The Balaban J connectivity index is 2.33. The Bertz CT molecular complexity index is 801. The maximum atomic E-state index is 12.3. The van der Waals surface area contributed by atoms with E-state index in [2.05, 4.69) is 19.1 Å². The van der Waals surface area contributed by atoms with Gasteiger partial charge in [-0.2, -0.15) is 4.40 Å². The number of hydrogen-bond donors (Lipinski definition) is 0. The summed E-state index contributed by atoms with van der Waals surface area (Å²) >= 11 is 0. The highest BCUT2D eigenvalue weighted by Gasteiger charge is 2.13. The first-order valence-electron chi connectivity index (χ1n) is 6.24. The third kappa shape index (κ3) is 1.93. The Kier molecular flexibility index (Phi) is 2.67. The Morgan fingerprint density at radius 1 is 1.05 bits per heavy atom. The van der Waals surface area contributed by atoms with E-state index in [1.165, 1.54) is 5.56 Å². The summed E-state index contributed by atoms with van der Waals surface area (Å²) in [5, 5.41) is 0. The van der Waals surface area contributed by atoms with Crippen LogP contribution in [0.2, 0.25) is 0 Å². The molecule has 3 heteroatoms. The number of benzene rings is 1. The Morgan fingerprint density at radius 3 is 2.53 bits per heavy atom. The average molecular weight is 251 g/mol. The van der Waals surface area contributed by atoms with E-state index < -0.39 is 0 Å². The molecule has 1 aromatic carbocycles. The Hall–Kier alpha value is -2.42. The summed E-state index contributed by atoms with van der Waals surface area (Å²) in [6.07, 6.45) is 3.88. The summed E-state index contributed by atoms with van der Waals surface area (Å²) in [5.41, 5.74) is 3.86. The van der Waals surface area contributed by atoms with E-state index >= 15 is 0 Å². The first-order chi connectivity index (χ1) is 9.16. The summed E-state index contributed by atoms with van der Waals surface area (Å²) in [5.74, 6) is 0. The lowest BCUT2D eigenvalue weighted by Gasteiger charge is -2.06. The molecule has 3 aromatic rings. The summed E-state index contributed by atoms with van der Waals surface area (Å²) in [6, 6.07) is 13.8. The molecule has 0 unspecified atom stereocenters. The summed E-state index contributed by atoms with van der Waals surface area (Å²) in [6.45, 7) is 2.05. The standard InChI is InChI=1S/C16H15N2O/c1-12-6-8-13(9-7-12)15-11-18-10-4-3-5-14(18)16(19)17(15)2/h3-11H,1-2H3/q+1. The molecule has 19 heavy (non-hydrogen) atoms. The summed E-state index contributed by atoms with van der Waals surface area (Å²) < 4.78 is 3.57. The summed E-state index contributed by atoms with van der Waals surface area (Å²) in [4.78, 5) is 12.3.